The number of benzene rings is 1. The van der Waals surface area contributed by atoms with E-state index in [2.05, 4.69) is 39.0 Å². The maximum Gasteiger partial charge on any atom is 0.416 e. The Morgan fingerprint density at radius 3 is 2.63 bits per heavy atom. The van der Waals surface area contributed by atoms with E-state index in [1.807, 2.05) is 22.9 Å². The van der Waals surface area contributed by atoms with Gasteiger partial charge in [0, 0.05) is 56.3 Å². The van der Waals surface area contributed by atoms with Gasteiger partial charge in [0.2, 0.25) is 0 Å². The van der Waals surface area contributed by atoms with Gasteiger partial charge in [-0.05, 0) is 43.8 Å². The van der Waals surface area contributed by atoms with Crippen molar-refractivity contribution in [3.8, 4) is 10.8 Å². The van der Waals surface area contributed by atoms with Crippen molar-refractivity contribution < 1.29 is 22.7 Å². The number of halogens is 3. The summed E-state index contributed by atoms with van der Waals surface area (Å²) in [5.41, 5.74) is 7.76. The molecule has 1 aliphatic heterocycles. The van der Waals surface area contributed by atoms with E-state index in [0.29, 0.717) is 11.4 Å². The number of anilines is 1. The Hall–Kier alpha value is -4.16. The first kappa shape index (κ1) is 28.9. The van der Waals surface area contributed by atoms with Crippen LogP contribution in [0.1, 0.15) is 56.7 Å². The van der Waals surface area contributed by atoms with Crippen molar-refractivity contribution in [2.75, 3.05) is 38.1 Å². The highest BCUT2D eigenvalue weighted by Crippen LogP contribution is 2.40. The van der Waals surface area contributed by atoms with E-state index < -0.39 is 23.8 Å². The van der Waals surface area contributed by atoms with Crippen molar-refractivity contribution in [3.63, 3.8) is 0 Å². The summed E-state index contributed by atoms with van der Waals surface area (Å²) in [6, 6.07) is 11.1. The number of thiophene rings is 1. The predicted octanol–water partition coefficient (Wildman–Crippen LogP) is 5.69. The van der Waals surface area contributed by atoms with Crippen LogP contribution in [-0.4, -0.2) is 58.6 Å². The minimum atomic E-state index is -4.54. The average Bonchev–Trinajstić information content (AvgIpc) is 3.61. The molecule has 2 N–H and O–H groups in total. The van der Waals surface area contributed by atoms with Crippen LogP contribution in [0, 0.1) is 0 Å². The molecule has 1 aliphatic carbocycles. The quantitative estimate of drug-likeness (QED) is 0.290. The standard InChI is InChI=1S/C31H31F3N6O2S/c1-19(22-5-3-4-6-23(22)31(32,33)34)42-26-17-28(43-29(26)30(35)41)40-18-37-24-15-20(7-8-25(24)40)21-9-10-36-27(16-21)39-13-11-38(2)12-14-39/h3-10,16-20H,11-15H2,1-2H3,(H2,35,41). The van der Waals surface area contributed by atoms with Crippen LogP contribution in [0.2, 0.25) is 0 Å². The van der Waals surface area contributed by atoms with Gasteiger partial charge >= 0.3 is 6.18 Å². The van der Waals surface area contributed by atoms with E-state index in [-0.39, 0.29) is 22.1 Å². The lowest BCUT2D eigenvalue weighted by Gasteiger charge is -2.33. The van der Waals surface area contributed by atoms with Crippen molar-refractivity contribution in [1.82, 2.24) is 19.4 Å². The van der Waals surface area contributed by atoms with Crippen molar-refractivity contribution in [3.05, 3.63) is 94.0 Å². The van der Waals surface area contributed by atoms with Gasteiger partial charge < -0.3 is 20.3 Å². The summed E-state index contributed by atoms with van der Waals surface area (Å²) in [5.74, 6) is 0.516. The number of primary amides is 1. The summed E-state index contributed by atoms with van der Waals surface area (Å²) in [7, 11) is 2.13. The number of pyridine rings is 1. The summed E-state index contributed by atoms with van der Waals surface area (Å²) < 4.78 is 48.6. The fraction of sp³-hybridized carbons (Fsp3) is 0.323. The largest absolute Gasteiger partial charge is 0.484 e. The third-order valence-electron chi connectivity index (χ3n) is 7.96. The molecule has 0 radical (unpaired) electrons. The third kappa shape index (κ3) is 5.89. The zero-order valence-electron chi connectivity index (χ0n) is 23.7. The smallest absolute Gasteiger partial charge is 0.416 e. The minimum Gasteiger partial charge on any atom is -0.484 e. The van der Waals surface area contributed by atoms with Crippen LogP contribution in [0.5, 0.6) is 5.75 Å². The fourth-order valence-electron chi connectivity index (χ4n) is 5.59. The van der Waals surface area contributed by atoms with Crippen LogP contribution in [-0.2, 0) is 12.6 Å². The van der Waals surface area contributed by atoms with E-state index in [9.17, 15) is 18.0 Å². The number of nitrogens with two attached hydrogens (primary N) is 1. The van der Waals surface area contributed by atoms with Gasteiger partial charge in [0.05, 0.1) is 17.0 Å². The monoisotopic (exact) mass is 608 g/mol. The number of amides is 1. The Labute approximate surface area is 251 Å². The molecular formula is C31H31F3N6O2S. The Balaban J connectivity index is 1.24. The molecule has 12 heteroatoms. The number of ether oxygens (including phenoxy) is 1. The molecule has 4 heterocycles. The number of hydrogen-bond acceptors (Lipinski definition) is 7. The van der Waals surface area contributed by atoms with Crippen molar-refractivity contribution >= 4 is 29.1 Å². The van der Waals surface area contributed by atoms with Crippen molar-refractivity contribution in [2.45, 2.75) is 31.5 Å². The highest BCUT2D eigenvalue weighted by molar-refractivity contribution is 7.16. The van der Waals surface area contributed by atoms with Gasteiger partial charge in [0.15, 0.2) is 0 Å². The van der Waals surface area contributed by atoms with Gasteiger partial charge in [-0.3, -0.25) is 9.36 Å². The summed E-state index contributed by atoms with van der Waals surface area (Å²) in [5, 5.41) is 0.623. The normalized spacial score (nSPS) is 18.0. The minimum absolute atomic E-state index is 0.0287. The zero-order valence-corrected chi connectivity index (χ0v) is 24.5. The van der Waals surface area contributed by atoms with Crippen molar-refractivity contribution in [1.29, 1.82) is 0 Å². The SMILES string of the molecule is CC(Oc1cc(-n2cnc3c2C=CC(c2ccnc(N4CCN(C)CC4)c2)C3)sc1C(N)=O)c1ccccc1C(F)(F)F. The van der Waals surface area contributed by atoms with Crippen LogP contribution in [0.25, 0.3) is 11.1 Å². The second-order valence-corrected chi connectivity index (χ2v) is 11.9. The number of likely N-dealkylation sites (N-methyl/N-ethyl adjacent to an activating group) is 1. The Kier molecular flexibility index (Phi) is 7.74. The summed E-state index contributed by atoms with van der Waals surface area (Å²) >= 11 is 1.11. The van der Waals surface area contributed by atoms with E-state index >= 15 is 0 Å². The van der Waals surface area contributed by atoms with Crippen LogP contribution >= 0.6 is 11.3 Å². The molecule has 4 aromatic rings. The lowest BCUT2D eigenvalue weighted by molar-refractivity contribution is -0.139. The molecule has 1 aromatic carbocycles. The van der Waals surface area contributed by atoms with E-state index in [1.165, 1.54) is 25.1 Å². The zero-order chi connectivity index (χ0) is 30.3. The predicted molar refractivity (Wildman–Crippen MR) is 160 cm³/mol. The number of alkyl halides is 3. The Morgan fingerprint density at radius 2 is 1.88 bits per heavy atom. The second kappa shape index (κ2) is 11.5. The highest BCUT2D eigenvalue weighted by Gasteiger charge is 2.35. The number of rotatable bonds is 7. The number of carbonyl (C=O) groups excluding carboxylic acids is 1. The molecule has 6 rings (SSSR count). The van der Waals surface area contributed by atoms with Gasteiger partial charge in [-0.15, -0.1) is 11.3 Å². The van der Waals surface area contributed by atoms with Gasteiger partial charge in [0.1, 0.15) is 33.9 Å². The number of aromatic nitrogens is 3. The molecule has 3 aromatic heterocycles. The van der Waals surface area contributed by atoms with E-state index in [1.54, 1.807) is 12.4 Å². The molecule has 224 valence electrons. The van der Waals surface area contributed by atoms with Crippen molar-refractivity contribution in [2.24, 2.45) is 5.73 Å². The molecule has 0 spiro atoms. The summed E-state index contributed by atoms with van der Waals surface area (Å²) in [4.78, 5) is 26.3. The summed E-state index contributed by atoms with van der Waals surface area (Å²) in [6.45, 7) is 5.40. The number of nitrogens with zero attached hydrogens (tertiary/aromatic N) is 5. The van der Waals surface area contributed by atoms with Gasteiger partial charge in [-0.1, -0.05) is 24.3 Å². The van der Waals surface area contributed by atoms with Crippen LogP contribution in [0.4, 0.5) is 19.0 Å². The van der Waals surface area contributed by atoms with E-state index in [4.69, 9.17) is 10.5 Å². The Bertz CT molecular complexity index is 1670. The molecule has 1 amide bonds. The highest BCUT2D eigenvalue weighted by atomic mass is 32.1. The Morgan fingerprint density at radius 1 is 1.12 bits per heavy atom. The lowest BCUT2D eigenvalue weighted by atomic mass is 9.90. The lowest BCUT2D eigenvalue weighted by Crippen LogP contribution is -2.44. The number of fused-ring (bicyclic) bond motifs is 1. The third-order valence-corrected chi connectivity index (χ3v) is 9.09. The molecule has 0 bridgehead atoms. The number of carbonyl (C=O) groups is 1. The van der Waals surface area contributed by atoms with Gasteiger partial charge in [0.25, 0.3) is 5.91 Å². The molecule has 2 aliphatic rings. The summed E-state index contributed by atoms with van der Waals surface area (Å²) in [6.07, 6.45) is 2.86. The molecule has 43 heavy (non-hydrogen) atoms. The van der Waals surface area contributed by atoms with Gasteiger partial charge in [-0.2, -0.15) is 13.2 Å². The molecule has 2 atom stereocenters. The first-order valence-electron chi connectivity index (χ1n) is 14.0. The maximum absolute atomic E-state index is 13.6. The number of imidazole rings is 1. The molecule has 0 saturated carbocycles. The van der Waals surface area contributed by atoms with Gasteiger partial charge in [-0.25, -0.2) is 9.97 Å². The average molecular weight is 609 g/mol. The molecule has 1 saturated heterocycles. The maximum atomic E-state index is 13.6. The molecule has 1 fully saturated rings. The van der Waals surface area contributed by atoms with Crippen LogP contribution in [0.3, 0.4) is 0 Å². The first-order valence-corrected chi connectivity index (χ1v) is 14.8. The fourth-order valence-corrected chi connectivity index (χ4v) is 6.52. The molecule has 8 nitrogen and oxygen atoms in total. The first-order chi connectivity index (χ1) is 20.6. The molecule has 2 unspecified atom stereocenters. The van der Waals surface area contributed by atoms with Crippen LogP contribution in [0.15, 0.2) is 61.1 Å². The van der Waals surface area contributed by atoms with Crippen LogP contribution < -0.4 is 15.4 Å². The number of allylic oxidation sites excluding steroid dienone is 1. The van der Waals surface area contributed by atoms with E-state index in [0.717, 1.165) is 66.4 Å². The number of hydrogen-bond donors (Lipinski definition) is 1. The second-order valence-electron chi connectivity index (χ2n) is 10.8. The molecular weight excluding hydrogens is 577 g/mol. The topological polar surface area (TPSA) is 89.5 Å². The number of piperazine rings is 1.